The molecule has 1 aromatic rings. The number of aryl methyl sites for hydroxylation is 1. The highest BCUT2D eigenvalue weighted by atomic mass is 79.9. The van der Waals surface area contributed by atoms with Crippen LogP contribution in [0.15, 0.2) is 22.7 Å². The van der Waals surface area contributed by atoms with E-state index < -0.39 is 12.0 Å². The summed E-state index contributed by atoms with van der Waals surface area (Å²) in [5.74, 6) is -0.828. The number of hydrogen-bond donors (Lipinski definition) is 2. The van der Waals surface area contributed by atoms with Crippen LogP contribution in [-0.2, 0) is 4.79 Å². The highest BCUT2D eigenvalue weighted by Gasteiger charge is 2.18. The van der Waals surface area contributed by atoms with Gasteiger partial charge in [-0.1, -0.05) is 19.9 Å². The van der Waals surface area contributed by atoms with E-state index in [1.54, 1.807) is 6.07 Å². The fourth-order valence-electron chi connectivity index (χ4n) is 1.74. The third-order valence-corrected chi connectivity index (χ3v) is 3.22. The Morgan fingerprint density at radius 2 is 2.05 bits per heavy atom. The summed E-state index contributed by atoms with van der Waals surface area (Å²) in [7, 11) is 0. The van der Waals surface area contributed by atoms with E-state index in [0.717, 1.165) is 10.0 Å². The van der Waals surface area contributed by atoms with E-state index in [1.165, 1.54) is 4.90 Å². The molecule has 0 aliphatic rings. The number of carbonyl (C=O) groups excluding carboxylic acids is 1. The molecule has 0 saturated heterocycles. The lowest BCUT2D eigenvalue weighted by atomic mass is 10.2. The molecule has 0 saturated carbocycles. The Hall–Kier alpha value is -1.56. The fraction of sp³-hybridized carbons (Fsp3) is 0.429. The quantitative estimate of drug-likeness (QED) is 0.862. The van der Waals surface area contributed by atoms with E-state index in [-0.39, 0.29) is 12.5 Å². The largest absolute Gasteiger partial charge is 0.480 e. The monoisotopic (exact) mass is 342 g/mol. The van der Waals surface area contributed by atoms with Crippen LogP contribution < -0.4 is 5.32 Å². The summed E-state index contributed by atoms with van der Waals surface area (Å²) in [6, 6.07) is 5.14. The number of anilines is 1. The number of carbonyl (C=O) groups is 2. The second-order valence-corrected chi connectivity index (χ2v) is 5.94. The van der Waals surface area contributed by atoms with Crippen molar-refractivity contribution in [2.45, 2.75) is 20.8 Å². The van der Waals surface area contributed by atoms with Gasteiger partial charge in [0.1, 0.15) is 6.54 Å². The molecule has 0 fully saturated rings. The van der Waals surface area contributed by atoms with Crippen molar-refractivity contribution in [1.29, 1.82) is 0 Å². The van der Waals surface area contributed by atoms with Gasteiger partial charge in [-0.2, -0.15) is 0 Å². The summed E-state index contributed by atoms with van der Waals surface area (Å²) in [5, 5.41) is 11.6. The highest BCUT2D eigenvalue weighted by molar-refractivity contribution is 9.10. The number of rotatable bonds is 5. The van der Waals surface area contributed by atoms with Crippen LogP contribution in [0.25, 0.3) is 0 Å². The molecule has 5 nitrogen and oxygen atoms in total. The minimum atomic E-state index is -1.02. The molecule has 1 rings (SSSR count). The van der Waals surface area contributed by atoms with Gasteiger partial charge in [0, 0.05) is 11.0 Å². The van der Waals surface area contributed by atoms with Crippen LogP contribution in [0.1, 0.15) is 19.4 Å². The number of urea groups is 1. The van der Waals surface area contributed by atoms with Crippen LogP contribution >= 0.6 is 15.9 Å². The summed E-state index contributed by atoms with van der Waals surface area (Å²) in [6.07, 6.45) is 0. The molecule has 0 radical (unpaired) electrons. The standard InChI is InChI=1S/C14H19BrN2O3/c1-9(2)7-17(8-13(18)19)14(20)16-12-5-4-10(3)6-11(12)15/h4-6,9H,7-8H2,1-3H3,(H,16,20)(H,18,19). The van der Waals surface area contributed by atoms with Crippen molar-refractivity contribution in [3.05, 3.63) is 28.2 Å². The molecule has 0 aliphatic heterocycles. The summed E-state index contributed by atoms with van der Waals surface area (Å²) in [6.45, 7) is 5.90. The topological polar surface area (TPSA) is 69.6 Å². The minimum absolute atomic E-state index is 0.196. The number of hydrogen-bond acceptors (Lipinski definition) is 2. The number of aliphatic carboxylic acids is 1. The smallest absolute Gasteiger partial charge is 0.323 e. The Bertz CT molecular complexity index is 503. The Morgan fingerprint density at radius 1 is 1.40 bits per heavy atom. The molecule has 1 aromatic carbocycles. The van der Waals surface area contributed by atoms with Crippen molar-refractivity contribution in [3.8, 4) is 0 Å². The summed E-state index contributed by atoms with van der Waals surface area (Å²) in [5.41, 5.74) is 1.69. The van der Waals surface area contributed by atoms with Gasteiger partial charge in [-0.3, -0.25) is 4.79 Å². The minimum Gasteiger partial charge on any atom is -0.480 e. The van der Waals surface area contributed by atoms with Gasteiger partial charge in [0.05, 0.1) is 5.69 Å². The van der Waals surface area contributed by atoms with Crippen molar-refractivity contribution < 1.29 is 14.7 Å². The molecule has 0 spiro atoms. The van der Waals surface area contributed by atoms with Crippen molar-refractivity contribution in [1.82, 2.24) is 4.90 Å². The van der Waals surface area contributed by atoms with Gasteiger partial charge in [-0.05, 0) is 46.5 Å². The van der Waals surface area contributed by atoms with Gasteiger partial charge in [-0.15, -0.1) is 0 Å². The summed E-state index contributed by atoms with van der Waals surface area (Å²) >= 11 is 3.38. The first-order chi connectivity index (χ1) is 9.29. The molecule has 0 heterocycles. The number of nitrogens with one attached hydrogen (secondary N) is 1. The van der Waals surface area contributed by atoms with Crippen LogP contribution in [0, 0.1) is 12.8 Å². The third-order valence-electron chi connectivity index (χ3n) is 2.57. The van der Waals surface area contributed by atoms with Crippen LogP contribution in [0.4, 0.5) is 10.5 Å². The number of carboxylic acid groups (broad SMARTS) is 1. The summed E-state index contributed by atoms with van der Waals surface area (Å²) in [4.78, 5) is 24.3. The SMILES string of the molecule is Cc1ccc(NC(=O)N(CC(=O)O)CC(C)C)c(Br)c1. The van der Waals surface area contributed by atoms with Crippen LogP contribution in [0.3, 0.4) is 0 Å². The Morgan fingerprint density at radius 3 is 2.55 bits per heavy atom. The first-order valence-corrected chi connectivity index (χ1v) is 7.12. The van der Waals surface area contributed by atoms with E-state index in [0.29, 0.717) is 12.2 Å². The number of halogens is 1. The maximum atomic E-state index is 12.2. The summed E-state index contributed by atoms with van der Waals surface area (Å²) < 4.78 is 0.769. The lowest BCUT2D eigenvalue weighted by molar-refractivity contribution is -0.137. The number of carboxylic acids is 1. The molecular formula is C14H19BrN2O3. The molecule has 2 amide bonds. The molecule has 0 bridgehead atoms. The predicted octanol–water partition coefficient (Wildman–Crippen LogP) is 3.33. The lowest BCUT2D eigenvalue weighted by Crippen LogP contribution is -2.41. The van der Waals surface area contributed by atoms with E-state index in [4.69, 9.17) is 5.11 Å². The number of amides is 2. The Balaban J connectivity index is 2.81. The highest BCUT2D eigenvalue weighted by Crippen LogP contribution is 2.23. The second-order valence-electron chi connectivity index (χ2n) is 5.08. The number of benzene rings is 1. The van der Waals surface area contributed by atoms with Gasteiger partial charge in [0.2, 0.25) is 0 Å². The second kappa shape index (κ2) is 7.28. The zero-order chi connectivity index (χ0) is 15.3. The van der Waals surface area contributed by atoms with Gasteiger partial charge >= 0.3 is 12.0 Å². The first-order valence-electron chi connectivity index (χ1n) is 6.33. The van der Waals surface area contributed by atoms with E-state index in [9.17, 15) is 9.59 Å². The average Bonchev–Trinajstić information content (AvgIpc) is 2.30. The molecule has 0 unspecified atom stereocenters. The maximum absolute atomic E-state index is 12.2. The molecule has 6 heteroatoms. The molecule has 0 aliphatic carbocycles. The Kier molecular flexibility index (Phi) is 6.01. The van der Waals surface area contributed by atoms with E-state index in [2.05, 4.69) is 21.2 Å². The van der Waals surface area contributed by atoms with Crippen LogP contribution in [0.5, 0.6) is 0 Å². The normalized spacial score (nSPS) is 10.4. The predicted molar refractivity (Wildman–Crippen MR) is 81.9 cm³/mol. The molecule has 2 N–H and O–H groups in total. The molecule has 0 aromatic heterocycles. The van der Waals surface area contributed by atoms with Crippen LogP contribution in [0.2, 0.25) is 0 Å². The van der Waals surface area contributed by atoms with Gasteiger partial charge in [-0.25, -0.2) is 4.79 Å². The molecule has 110 valence electrons. The fourth-order valence-corrected chi connectivity index (χ4v) is 2.33. The van der Waals surface area contributed by atoms with Crippen molar-refractivity contribution >= 4 is 33.6 Å². The zero-order valence-electron chi connectivity index (χ0n) is 11.8. The lowest BCUT2D eigenvalue weighted by Gasteiger charge is -2.23. The van der Waals surface area contributed by atoms with Crippen molar-refractivity contribution in [2.75, 3.05) is 18.4 Å². The molecule has 0 atom stereocenters. The Labute approximate surface area is 127 Å². The van der Waals surface area contributed by atoms with Gasteiger partial charge < -0.3 is 15.3 Å². The van der Waals surface area contributed by atoms with Gasteiger partial charge in [0.15, 0.2) is 0 Å². The van der Waals surface area contributed by atoms with Crippen molar-refractivity contribution in [2.24, 2.45) is 5.92 Å². The molecular weight excluding hydrogens is 324 g/mol. The first kappa shape index (κ1) is 16.5. The van der Waals surface area contributed by atoms with Crippen LogP contribution in [-0.4, -0.2) is 35.1 Å². The maximum Gasteiger partial charge on any atom is 0.323 e. The third kappa shape index (κ3) is 5.21. The average molecular weight is 343 g/mol. The zero-order valence-corrected chi connectivity index (χ0v) is 13.4. The van der Waals surface area contributed by atoms with E-state index in [1.807, 2.05) is 32.9 Å². The van der Waals surface area contributed by atoms with E-state index >= 15 is 0 Å². The van der Waals surface area contributed by atoms with Gasteiger partial charge in [0.25, 0.3) is 0 Å². The van der Waals surface area contributed by atoms with Crippen molar-refractivity contribution in [3.63, 3.8) is 0 Å². The number of nitrogens with zero attached hydrogens (tertiary/aromatic N) is 1. The molecule has 20 heavy (non-hydrogen) atoms.